The number of nitrogens with zero attached hydrogens (tertiary/aromatic N) is 1. The molecule has 0 spiro atoms. The Bertz CT molecular complexity index is 210. The normalized spacial score (nSPS) is 43.4. The second-order valence-corrected chi connectivity index (χ2v) is 6.62. The fourth-order valence-electron chi connectivity index (χ4n) is 3.21. The maximum Gasteiger partial charge on any atom is 0.0224 e. The van der Waals surface area contributed by atoms with E-state index in [2.05, 4.69) is 30.5 Å². The number of hydrogen-bond donors (Lipinski definition) is 1. The number of piperidine rings is 1. The van der Waals surface area contributed by atoms with Crippen LogP contribution in [0.2, 0.25) is 0 Å². The summed E-state index contributed by atoms with van der Waals surface area (Å²) in [7, 11) is 0. The van der Waals surface area contributed by atoms with Gasteiger partial charge in [-0.2, -0.15) is 11.8 Å². The fourth-order valence-corrected chi connectivity index (χ4v) is 4.42. The second kappa shape index (κ2) is 5.07. The van der Waals surface area contributed by atoms with Gasteiger partial charge in [-0.1, -0.05) is 13.3 Å². The van der Waals surface area contributed by atoms with Crippen molar-refractivity contribution < 1.29 is 0 Å². The number of likely N-dealkylation sites (tertiary alicyclic amines) is 1. The summed E-state index contributed by atoms with van der Waals surface area (Å²) in [5, 5.41) is 0.850. The lowest BCUT2D eigenvalue weighted by atomic mass is 9.93. The van der Waals surface area contributed by atoms with Crippen molar-refractivity contribution in [2.24, 2.45) is 5.73 Å². The Balaban J connectivity index is 2.02. The van der Waals surface area contributed by atoms with E-state index in [1.165, 1.54) is 31.4 Å². The molecule has 3 heteroatoms. The average Bonchev–Trinajstić information content (AvgIpc) is 2.64. The zero-order valence-electron chi connectivity index (χ0n) is 9.98. The molecule has 2 saturated heterocycles. The molecule has 2 aliphatic heterocycles. The zero-order valence-corrected chi connectivity index (χ0v) is 10.8. The van der Waals surface area contributed by atoms with Crippen molar-refractivity contribution in [3.63, 3.8) is 0 Å². The van der Waals surface area contributed by atoms with E-state index < -0.39 is 0 Å². The fraction of sp³-hybridized carbons (Fsp3) is 1.00. The molecule has 4 unspecified atom stereocenters. The molecule has 0 aromatic carbocycles. The standard InChI is InChI=1S/C12H24N2S/c1-9-4-3-5-11(7-13)14(9)12-6-10(2)15-8-12/h9-12H,3-8,13H2,1-2H3. The lowest BCUT2D eigenvalue weighted by Gasteiger charge is -2.44. The van der Waals surface area contributed by atoms with E-state index in [0.29, 0.717) is 6.04 Å². The molecule has 2 nitrogen and oxygen atoms in total. The molecule has 88 valence electrons. The molecule has 2 N–H and O–H groups in total. The largest absolute Gasteiger partial charge is 0.329 e. The van der Waals surface area contributed by atoms with Gasteiger partial charge in [0.25, 0.3) is 0 Å². The summed E-state index contributed by atoms with van der Waals surface area (Å²) in [6, 6.07) is 2.21. The van der Waals surface area contributed by atoms with Crippen molar-refractivity contribution in [2.75, 3.05) is 12.3 Å². The highest BCUT2D eigenvalue weighted by Crippen LogP contribution is 2.34. The lowest BCUT2D eigenvalue weighted by molar-refractivity contribution is 0.0589. The van der Waals surface area contributed by atoms with Gasteiger partial charge in [0.05, 0.1) is 0 Å². The number of hydrogen-bond acceptors (Lipinski definition) is 3. The topological polar surface area (TPSA) is 29.3 Å². The van der Waals surface area contributed by atoms with Gasteiger partial charge in [0.15, 0.2) is 0 Å². The van der Waals surface area contributed by atoms with E-state index in [1.54, 1.807) is 0 Å². The van der Waals surface area contributed by atoms with Crippen LogP contribution in [0.4, 0.5) is 0 Å². The molecular formula is C12H24N2S. The molecule has 0 aromatic rings. The van der Waals surface area contributed by atoms with Crippen LogP contribution in [0.25, 0.3) is 0 Å². The van der Waals surface area contributed by atoms with E-state index >= 15 is 0 Å². The minimum atomic E-state index is 0.657. The van der Waals surface area contributed by atoms with Crippen LogP contribution in [0, 0.1) is 0 Å². The minimum Gasteiger partial charge on any atom is -0.329 e. The first-order chi connectivity index (χ1) is 7.22. The summed E-state index contributed by atoms with van der Waals surface area (Å²) >= 11 is 2.13. The molecule has 0 aliphatic carbocycles. The van der Waals surface area contributed by atoms with Gasteiger partial charge in [-0.3, -0.25) is 4.90 Å². The monoisotopic (exact) mass is 228 g/mol. The molecule has 0 bridgehead atoms. The molecule has 2 fully saturated rings. The lowest BCUT2D eigenvalue weighted by Crippen LogP contribution is -2.53. The van der Waals surface area contributed by atoms with Crippen molar-refractivity contribution in [3.8, 4) is 0 Å². The molecule has 0 aromatic heterocycles. The smallest absolute Gasteiger partial charge is 0.0224 e. The second-order valence-electron chi connectivity index (χ2n) is 5.15. The molecule has 4 atom stereocenters. The van der Waals surface area contributed by atoms with E-state index in [0.717, 1.165) is 23.9 Å². The maximum atomic E-state index is 5.91. The Labute approximate surface area is 98.0 Å². The van der Waals surface area contributed by atoms with Crippen molar-refractivity contribution in [1.82, 2.24) is 4.90 Å². The Kier molecular flexibility index (Phi) is 3.97. The molecule has 0 saturated carbocycles. The Morgan fingerprint density at radius 2 is 2.13 bits per heavy atom. The van der Waals surface area contributed by atoms with Crippen molar-refractivity contribution in [3.05, 3.63) is 0 Å². The molecule has 15 heavy (non-hydrogen) atoms. The number of nitrogens with two attached hydrogens (primary N) is 1. The van der Waals surface area contributed by atoms with Crippen molar-refractivity contribution in [2.45, 2.75) is 62.9 Å². The van der Waals surface area contributed by atoms with E-state index in [-0.39, 0.29) is 0 Å². The van der Waals surface area contributed by atoms with Crippen LogP contribution < -0.4 is 5.73 Å². The molecule has 2 aliphatic rings. The van der Waals surface area contributed by atoms with Crippen molar-refractivity contribution >= 4 is 11.8 Å². The summed E-state index contributed by atoms with van der Waals surface area (Å²) < 4.78 is 0. The highest BCUT2D eigenvalue weighted by Gasteiger charge is 2.36. The van der Waals surface area contributed by atoms with Crippen LogP contribution >= 0.6 is 11.8 Å². The first-order valence-electron chi connectivity index (χ1n) is 6.31. The van der Waals surface area contributed by atoms with E-state index in [9.17, 15) is 0 Å². The third kappa shape index (κ3) is 2.51. The van der Waals surface area contributed by atoms with Crippen molar-refractivity contribution in [1.29, 1.82) is 0 Å². The highest BCUT2D eigenvalue weighted by molar-refractivity contribution is 8.00. The van der Waals surface area contributed by atoms with Gasteiger partial charge >= 0.3 is 0 Å². The average molecular weight is 228 g/mol. The summed E-state index contributed by atoms with van der Waals surface area (Å²) in [5.41, 5.74) is 5.91. The first-order valence-corrected chi connectivity index (χ1v) is 7.36. The third-order valence-corrected chi connectivity index (χ3v) is 5.30. The summed E-state index contributed by atoms with van der Waals surface area (Å²) in [5.74, 6) is 1.32. The quantitative estimate of drug-likeness (QED) is 0.784. The van der Waals surface area contributed by atoms with Crippen LogP contribution in [-0.4, -0.2) is 40.6 Å². The predicted octanol–water partition coefficient (Wildman–Crippen LogP) is 2.08. The Hall–Kier alpha value is 0.270. The molecule has 0 radical (unpaired) electrons. The summed E-state index contributed by atoms with van der Waals surface area (Å²) in [4.78, 5) is 2.74. The third-order valence-electron chi connectivity index (χ3n) is 3.96. The van der Waals surface area contributed by atoms with Gasteiger partial charge in [-0.05, 0) is 26.2 Å². The van der Waals surface area contributed by atoms with Crippen LogP contribution in [0.5, 0.6) is 0 Å². The van der Waals surface area contributed by atoms with Gasteiger partial charge in [0.1, 0.15) is 0 Å². The van der Waals surface area contributed by atoms with Crippen LogP contribution in [0.1, 0.15) is 39.5 Å². The van der Waals surface area contributed by atoms with Gasteiger partial charge in [-0.25, -0.2) is 0 Å². The number of thioether (sulfide) groups is 1. The van der Waals surface area contributed by atoms with Crippen LogP contribution in [-0.2, 0) is 0 Å². The summed E-state index contributed by atoms with van der Waals surface area (Å²) in [6.07, 6.45) is 5.42. The van der Waals surface area contributed by atoms with E-state index in [1.807, 2.05) is 0 Å². The van der Waals surface area contributed by atoms with Gasteiger partial charge in [0, 0.05) is 35.7 Å². The number of rotatable bonds is 2. The van der Waals surface area contributed by atoms with Crippen LogP contribution in [0.15, 0.2) is 0 Å². The first kappa shape index (κ1) is 11.7. The Morgan fingerprint density at radius 3 is 2.73 bits per heavy atom. The van der Waals surface area contributed by atoms with E-state index in [4.69, 9.17) is 5.73 Å². The predicted molar refractivity (Wildman–Crippen MR) is 68.3 cm³/mol. The van der Waals surface area contributed by atoms with Crippen LogP contribution in [0.3, 0.4) is 0 Å². The van der Waals surface area contributed by atoms with Gasteiger partial charge < -0.3 is 5.73 Å². The molecule has 2 heterocycles. The van der Waals surface area contributed by atoms with Gasteiger partial charge in [-0.15, -0.1) is 0 Å². The highest BCUT2D eigenvalue weighted by atomic mass is 32.2. The SMILES string of the molecule is CC1CC(N2C(C)CCCC2CN)CS1. The maximum absolute atomic E-state index is 5.91. The minimum absolute atomic E-state index is 0.657. The van der Waals surface area contributed by atoms with Gasteiger partial charge in [0.2, 0.25) is 0 Å². The molecule has 2 rings (SSSR count). The Morgan fingerprint density at radius 1 is 1.33 bits per heavy atom. The summed E-state index contributed by atoms with van der Waals surface area (Å²) in [6.45, 7) is 5.59. The zero-order chi connectivity index (χ0) is 10.8. The molecule has 0 amide bonds. The molecular weight excluding hydrogens is 204 g/mol.